The average Bonchev–Trinajstić information content (AvgIpc) is 3.35. The molecular weight excluding hydrogens is 388 g/mol. The molecule has 162 valence electrons. The van der Waals surface area contributed by atoms with Crippen molar-refractivity contribution in [2.75, 3.05) is 32.1 Å². The maximum atomic E-state index is 11.4. The Hall–Kier alpha value is -3.19. The van der Waals surface area contributed by atoms with Gasteiger partial charge in [-0.1, -0.05) is 0 Å². The molecule has 0 unspecified atom stereocenters. The van der Waals surface area contributed by atoms with Gasteiger partial charge in [-0.3, -0.25) is 4.79 Å². The van der Waals surface area contributed by atoms with Crippen LogP contribution in [0.25, 0.3) is 11.3 Å². The normalized spacial score (nSPS) is 17.9. The number of carbonyl (C=O) groups is 1. The van der Waals surface area contributed by atoms with Crippen molar-refractivity contribution in [3.63, 3.8) is 0 Å². The minimum atomic E-state index is 0.585. The third-order valence-corrected chi connectivity index (χ3v) is 5.96. The second-order valence-corrected chi connectivity index (χ2v) is 8.53. The second-order valence-electron chi connectivity index (χ2n) is 8.53. The van der Waals surface area contributed by atoms with E-state index in [1.54, 1.807) is 0 Å². The van der Waals surface area contributed by atoms with Crippen molar-refractivity contribution in [2.24, 2.45) is 12.0 Å². The first kappa shape index (κ1) is 21.1. The molecule has 0 radical (unpaired) electrons. The number of pyridine rings is 2. The molecule has 3 aromatic heterocycles. The Kier molecular flexibility index (Phi) is 5.78. The van der Waals surface area contributed by atoms with Crippen molar-refractivity contribution in [3.8, 4) is 0 Å². The number of hydrogen-bond acceptors (Lipinski definition) is 5. The highest BCUT2D eigenvalue weighted by Crippen LogP contribution is 2.22. The average molecular weight is 419 g/mol. The first-order valence-electron chi connectivity index (χ1n) is 10.6. The van der Waals surface area contributed by atoms with E-state index >= 15 is 0 Å². The first-order chi connectivity index (χ1) is 14.9. The fourth-order valence-electron chi connectivity index (χ4n) is 4.20. The predicted octanol–water partition coefficient (Wildman–Crippen LogP) is 2.57. The smallest absolute Gasteiger partial charge is 0.145 e. The molecule has 1 aliphatic rings. The van der Waals surface area contributed by atoms with Crippen LogP contribution in [0.2, 0.25) is 0 Å². The molecule has 0 saturated carbocycles. The third-order valence-electron chi connectivity index (χ3n) is 5.96. The lowest BCUT2D eigenvalue weighted by molar-refractivity contribution is -0.104. The fraction of sp³-hybridized carbons (Fsp3) is 0.375. The van der Waals surface area contributed by atoms with Gasteiger partial charge in [0.15, 0.2) is 0 Å². The van der Waals surface area contributed by atoms with E-state index in [1.807, 2.05) is 54.4 Å². The van der Waals surface area contributed by atoms with E-state index in [-0.39, 0.29) is 0 Å². The summed E-state index contributed by atoms with van der Waals surface area (Å²) in [6.45, 7) is 6.08. The molecule has 1 fully saturated rings. The highest BCUT2D eigenvalue weighted by atomic mass is 16.1. The number of fused-ring (bicyclic) bond motifs is 1. The lowest BCUT2D eigenvalue weighted by Crippen LogP contribution is -2.32. The largest absolute Gasteiger partial charge is 0.369 e. The molecule has 0 bridgehead atoms. The van der Waals surface area contributed by atoms with Crippen LogP contribution in [0, 0.1) is 13.8 Å². The number of rotatable bonds is 5. The monoisotopic (exact) mass is 418 g/mol. The van der Waals surface area contributed by atoms with Gasteiger partial charge in [0.05, 0.1) is 17.1 Å². The summed E-state index contributed by atoms with van der Waals surface area (Å²) in [6.07, 6.45) is 9.54. The van der Waals surface area contributed by atoms with E-state index in [2.05, 4.69) is 41.1 Å². The number of allylic oxidation sites excluding steroid dienone is 1. The van der Waals surface area contributed by atoms with Crippen molar-refractivity contribution < 1.29 is 4.79 Å². The van der Waals surface area contributed by atoms with Gasteiger partial charge in [-0.25, -0.2) is 9.98 Å². The number of aryl methyl sites for hydroxylation is 3. The van der Waals surface area contributed by atoms with Crippen LogP contribution in [0.1, 0.15) is 23.2 Å². The van der Waals surface area contributed by atoms with E-state index < -0.39 is 0 Å². The number of anilines is 1. The van der Waals surface area contributed by atoms with Crippen LogP contribution in [-0.2, 0) is 11.8 Å². The van der Waals surface area contributed by atoms with Crippen LogP contribution in [0.4, 0.5) is 5.69 Å². The minimum Gasteiger partial charge on any atom is -0.369 e. The number of hydrogen-bond donors (Lipinski definition) is 0. The van der Waals surface area contributed by atoms with E-state index in [0.717, 1.165) is 47.3 Å². The van der Waals surface area contributed by atoms with E-state index in [1.165, 1.54) is 18.2 Å². The second kappa shape index (κ2) is 8.51. The van der Waals surface area contributed by atoms with Crippen molar-refractivity contribution in [1.82, 2.24) is 18.9 Å². The zero-order chi connectivity index (χ0) is 22.1. The summed E-state index contributed by atoms with van der Waals surface area (Å²) in [5.41, 5.74) is 6.41. The molecule has 1 atom stereocenters. The van der Waals surface area contributed by atoms with Crippen molar-refractivity contribution in [1.29, 1.82) is 0 Å². The Morgan fingerprint density at radius 1 is 1.23 bits per heavy atom. The summed E-state index contributed by atoms with van der Waals surface area (Å²) in [4.78, 5) is 25.4. The van der Waals surface area contributed by atoms with Gasteiger partial charge in [0.2, 0.25) is 0 Å². The Balaban J connectivity index is 1.69. The van der Waals surface area contributed by atoms with Crippen LogP contribution in [0.5, 0.6) is 0 Å². The maximum absolute atomic E-state index is 11.4. The summed E-state index contributed by atoms with van der Waals surface area (Å²) in [6, 6.07) is 6.75. The number of nitrogens with zero attached hydrogens (tertiary/aromatic N) is 6. The van der Waals surface area contributed by atoms with Gasteiger partial charge < -0.3 is 18.8 Å². The molecular formula is C24H30N6O. The molecule has 7 heteroatoms. The summed E-state index contributed by atoms with van der Waals surface area (Å²) in [7, 11) is 6.27. The van der Waals surface area contributed by atoms with E-state index in [0.29, 0.717) is 11.7 Å². The van der Waals surface area contributed by atoms with Gasteiger partial charge in [-0.05, 0) is 58.1 Å². The molecule has 0 aliphatic carbocycles. The molecule has 0 N–H and O–H groups in total. The Labute approximate surface area is 183 Å². The molecule has 1 saturated heterocycles. The van der Waals surface area contributed by atoms with Crippen LogP contribution in [0.3, 0.4) is 0 Å². The minimum absolute atomic E-state index is 0.585. The Morgan fingerprint density at radius 2 is 2.03 bits per heavy atom. The quantitative estimate of drug-likeness (QED) is 0.472. The lowest BCUT2D eigenvalue weighted by atomic mass is 10.1. The molecule has 4 rings (SSSR count). The van der Waals surface area contributed by atoms with E-state index in [9.17, 15) is 4.79 Å². The molecule has 0 spiro atoms. The van der Waals surface area contributed by atoms with Gasteiger partial charge in [-0.2, -0.15) is 0 Å². The van der Waals surface area contributed by atoms with Gasteiger partial charge in [0, 0.05) is 56.4 Å². The van der Waals surface area contributed by atoms with Crippen LogP contribution < -0.4 is 10.4 Å². The Bertz CT molecular complexity index is 1220. The number of imidazole rings is 1. The molecule has 3 aromatic rings. The number of likely N-dealkylation sites (N-methyl/N-ethyl adjacent to an activating group) is 1. The molecule has 31 heavy (non-hydrogen) atoms. The molecule has 4 heterocycles. The predicted molar refractivity (Wildman–Crippen MR) is 124 cm³/mol. The molecule has 7 nitrogen and oxygen atoms in total. The van der Waals surface area contributed by atoms with Crippen LogP contribution in [0.15, 0.2) is 47.9 Å². The zero-order valence-electron chi connectivity index (χ0n) is 18.9. The highest BCUT2D eigenvalue weighted by molar-refractivity contribution is 5.81. The van der Waals surface area contributed by atoms with Crippen molar-refractivity contribution >= 4 is 23.3 Å². The van der Waals surface area contributed by atoms with E-state index in [4.69, 9.17) is 4.99 Å². The van der Waals surface area contributed by atoms with Crippen LogP contribution >= 0.6 is 0 Å². The molecule has 1 aliphatic heterocycles. The standard InChI is InChI=1S/C24H30N6O/c1-17-12-19(14-30-13-18(2)25-24(17)30)22(9-11-31)26-23-7-6-21(15-28(23)5)29-10-8-20(16-29)27(3)4/h6-7,9,11-15,20H,8,10,16H2,1-5H3/b22-9-,26-23-/t20-/m0/s1. The van der Waals surface area contributed by atoms with Crippen molar-refractivity contribution in [2.45, 2.75) is 26.3 Å². The first-order valence-corrected chi connectivity index (χ1v) is 10.6. The zero-order valence-corrected chi connectivity index (χ0v) is 18.9. The summed E-state index contributed by atoms with van der Waals surface area (Å²) >= 11 is 0. The van der Waals surface area contributed by atoms with Gasteiger partial charge in [-0.15, -0.1) is 0 Å². The molecule has 0 amide bonds. The fourth-order valence-corrected chi connectivity index (χ4v) is 4.20. The summed E-state index contributed by atoms with van der Waals surface area (Å²) in [5.74, 6) is 0. The Morgan fingerprint density at radius 3 is 2.71 bits per heavy atom. The van der Waals surface area contributed by atoms with Crippen molar-refractivity contribution in [3.05, 3.63) is 65.2 Å². The maximum Gasteiger partial charge on any atom is 0.145 e. The third kappa shape index (κ3) is 4.32. The topological polar surface area (TPSA) is 58.1 Å². The van der Waals surface area contributed by atoms with Gasteiger partial charge >= 0.3 is 0 Å². The lowest BCUT2D eigenvalue weighted by Gasteiger charge is -2.22. The molecule has 0 aromatic carbocycles. The van der Waals surface area contributed by atoms with Gasteiger partial charge in [0.1, 0.15) is 17.4 Å². The van der Waals surface area contributed by atoms with Crippen LogP contribution in [-0.4, -0.2) is 58.4 Å². The number of carbonyl (C=O) groups excluding carboxylic acids is 1. The highest BCUT2D eigenvalue weighted by Gasteiger charge is 2.24. The summed E-state index contributed by atoms with van der Waals surface area (Å²) < 4.78 is 4.01. The number of aromatic nitrogens is 3. The summed E-state index contributed by atoms with van der Waals surface area (Å²) in [5, 5.41) is 0. The number of aldehydes is 1. The SMILES string of the molecule is Cc1cn2cc(C(=C/C=O)/N=c3/ccc(N4CC[C@H](N(C)C)C4)cn3C)cc(C)c2n1. The van der Waals surface area contributed by atoms with Gasteiger partial charge in [0.25, 0.3) is 0 Å².